The second-order valence-corrected chi connectivity index (χ2v) is 4.45. The highest BCUT2D eigenvalue weighted by atomic mass is 32.1. The van der Waals surface area contributed by atoms with Gasteiger partial charge in [0.2, 0.25) is 0 Å². The second kappa shape index (κ2) is 4.72. The zero-order valence-corrected chi connectivity index (χ0v) is 9.67. The average Bonchev–Trinajstić information content (AvgIpc) is 2.76. The van der Waals surface area contributed by atoms with Gasteiger partial charge in [0.1, 0.15) is 11.9 Å². The Morgan fingerprint density at radius 3 is 3.00 bits per heavy atom. The minimum absolute atomic E-state index is 0.425. The smallest absolute Gasteiger partial charge is 0.141 e. The van der Waals surface area contributed by atoms with Gasteiger partial charge in [0, 0.05) is 16.6 Å². The largest absolute Gasteiger partial charge is 0.383 e. The number of hydrogen-bond donors (Lipinski definition) is 1. The molecule has 2 aromatic rings. The summed E-state index contributed by atoms with van der Waals surface area (Å²) in [4.78, 5) is 4.61. The van der Waals surface area contributed by atoms with Gasteiger partial charge in [-0.3, -0.25) is 4.98 Å². The van der Waals surface area contributed by atoms with E-state index in [1.54, 1.807) is 0 Å². The predicted molar refractivity (Wildman–Crippen MR) is 62.0 cm³/mol. The highest BCUT2D eigenvalue weighted by Crippen LogP contribution is 2.29. The van der Waals surface area contributed by atoms with Crippen molar-refractivity contribution in [1.29, 1.82) is 0 Å². The van der Waals surface area contributed by atoms with E-state index in [1.807, 2.05) is 18.4 Å². The number of hydrogen-bond acceptors (Lipinski definition) is 3. The van der Waals surface area contributed by atoms with Crippen LogP contribution in [0, 0.1) is 5.82 Å². The summed E-state index contributed by atoms with van der Waals surface area (Å²) in [6.45, 7) is 2.03. The Morgan fingerprint density at radius 2 is 2.31 bits per heavy atom. The predicted octanol–water partition coefficient (Wildman–Crippen LogP) is 2.93. The minimum Gasteiger partial charge on any atom is -0.383 e. The second-order valence-electron chi connectivity index (χ2n) is 3.50. The average molecular weight is 237 g/mol. The lowest BCUT2D eigenvalue weighted by Gasteiger charge is -2.10. The van der Waals surface area contributed by atoms with Crippen molar-refractivity contribution < 1.29 is 9.50 Å². The lowest BCUT2D eigenvalue weighted by Crippen LogP contribution is -2.01. The Labute approximate surface area is 97.4 Å². The number of aliphatic hydroxyl groups excluding tert-OH is 1. The van der Waals surface area contributed by atoms with Crippen molar-refractivity contribution in [1.82, 2.24) is 4.98 Å². The Kier molecular flexibility index (Phi) is 3.31. The van der Waals surface area contributed by atoms with Crippen LogP contribution in [0.3, 0.4) is 0 Å². The molecule has 2 nitrogen and oxygen atoms in total. The molecule has 0 bridgehead atoms. The van der Waals surface area contributed by atoms with E-state index < -0.39 is 11.9 Å². The van der Waals surface area contributed by atoms with Gasteiger partial charge in [-0.25, -0.2) is 4.39 Å². The Bertz CT molecular complexity index is 483. The maximum atomic E-state index is 13.0. The lowest BCUT2D eigenvalue weighted by molar-refractivity contribution is 0.222. The summed E-state index contributed by atoms with van der Waals surface area (Å²) >= 11 is 1.48. The van der Waals surface area contributed by atoms with E-state index >= 15 is 0 Å². The number of pyridine rings is 1. The third-order valence-corrected chi connectivity index (χ3v) is 3.46. The molecule has 0 aliphatic carbocycles. The minimum atomic E-state index is -0.779. The van der Waals surface area contributed by atoms with Crippen molar-refractivity contribution in [2.24, 2.45) is 0 Å². The summed E-state index contributed by atoms with van der Waals surface area (Å²) in [6.07, 6.45) is 2.70. The van der Waals surface area contributed by atoms with Crippen LogP contribution >= 0.6 is 11.3 Å². The van der Waals surface area contributed by atoms with Gasteiger partial charge in [-0.1, -0.05) is 6.92 Å². The first kappa shape index (κ1) is 11.2. The molecule has 0 saturated carbocycles. The van der Waals surface area contributed by atoms with E-state index in [0.29, 0.717) is 5.56 Å². The van der Waals surface area contributed by atoms with Gasteiger partial charge in [0.15, 0.2) is 0 Å². The fraction of sp³-hybridized carbons (Fsp3) is 0.250. The van der Waals surface area contributed by atoms with E-state index in [2.05, 4.69) is 4.98 Å². The van der Waals surface area contributed by atoms with E-state index in [-0.39, 0.29) is 0 Å². The Morgan fingerprint density at radius 1 is 1.50 bits per heavy atom. The third-order valence-electron chi connectivity index (χ3n) is 2.45. The highest BCUT2D eigenvalue weighted by molar-refractivity contribution is 7.10. The van der Waals surface area contributed by atoms with Crippen LogP contribution in [0.2, 0.25) is 0 Å². The standard InChI is InChI=1S/C12H12FNOS/c1-2-8-3-4-16-12(8)11(15)9-5-10(13)7-14-6-9/h3-7,11,15H,2H2,1H3. The van der Waals surface area contributed by atoms with Gasteiger partial charge < -0.3 is 5.11 Å². The summed E-state index contributed by atoms with van der Waals surface area (Å²) < 4.78 is 13.0. The number of halogens is 1. The molecule has 84 valence electrons. The third kappa shape index (κ3) is 2.13. The number of thiophene rings is 1. The maximum Gasteiger partial charge on any atom is 0.141 e. The molecular formula is C12H12FNOS. The molecule has 0 spiro atoms. The summed E-state index contributed by atoms with van der Waals surface area (Å²) in [7, 11) is 0. The van der Waals surface area contributed by atoms with Crippen LogP contribution < -0.4 is 0 Å². The van der Waals surface area contributed by atoms with Gasteiger partial charge in [0.25, 0.3) is 0 Å². The zero-order valence-electron chi connectivity index (χ0n) is 8.85. The van der Waals surface area contributed by atoms with Crippen molar-refractivity contribution in [3.05, 3.63) is 51.7 Å². The molecule has 2 aromatic heterocycles. The zero-order chi connectivity index (χ0) is 11.5. The van der Waals surface area contributed by atoms with E-state index in [9.17, 15) is 9.50 Å². The number of aromatic nitrogens is 1. The van der Waals surface area contributed by atoms with Gasteiger partial charge >= 0.3 is 0 Å². The summed E-state index contributed by atoms with van der Waals surface area (Å²) in [6, 6.07) is 3.30. The van der Waals surface area contributed by atoms with Crippen LogP contribution in [0.25, 0.3) is 0 Å². The normalized spacial score (nSPS) is 12.7. The fourth-order valence-corrected chi connectivity index (χ4v) is 2.62. The molecule has 0 aliphatic heterocycles. The first-order valence-electron chi connectivity index (χ1n) is 5.07. The molecule has 2 rings (SSSR count). The molecule has 16 heavy (non-hydrogen) atoms. The van der Waals surface area contributed by atoms with Crippen LogP contribution in [0.5, 0.6) is 0 Å². The Balaban J connectivity index is 2.35. The molecule has 1 unspecified atom stereocenters. The molecule has 2 heterocycles. The van der Waals surface area contributed by atoms with Crippen LogP contribution in [-0.2, 0) is 6.42 Å². The first-order chi connectivity index (χ1) is 7.72. The lowest BCUT2D eigenvalue weighted by atomic mass is 10.1. The quantitative estimate of drug-likeness (QED) is 0.890. The monoisotopic (exact) mass is 237 g/mol. The van der Waals surface area contributed by atoms with Gasteiger partial charge in [-0.2, -0.15) is 0 Å². The van der Waals surface area contributed by atoms with Crippen molar-refractivity contribution in [2.45, 2.75) is 19.4 Å². The summed E-state index contributed by atoms with van der Waals surface area (Å²) in [5.74, 6) is -0.425. The molecule has 0 saturated heterocycles. The van der Waals surface area contributed by atoms with Crippen LogP contribution in [0.4, 0.5) is 4.39 Å². The number of nitrogens with zero attached hydrogens (tertiary/aromatic N) is 1. The van der Waals surface area contributed by atoms with Crippen molar-refractivity contribution in [3.63, 3.8) is 0 Å². The molecule has 0 aliphatic rings. The maximum absolute atomic E-state index is 13.0. The number of rotatable bonds is 3. The van der Waals surface area contributed by atoms with Crippen molar-refractivity contribution >= 4 is 11.3 Å². The van der Waals surface area contributed by atoms with Crippen molar-refractivity contribution in [2.75, 3.05) is 0 Å². The first-order valence-corrected chi connectivity index (χ1v) is 5.95. The summed E-state index contributed by atoms with van der Waals surface area (Å²) in [5, 5.41) is 12.1. The molecule has 0 amide bonds. The SMILES string of the molecule is CCc1ccsc1C(O)c1cncc(F)c1. The number of aliphatic hydroxyl groups is 1. The molecular weight excluding hydrogens is 225 g/mol. The van der Waals surface area contributed by atoms with Gasteiger partial charge in [-0.15, -0.1) is 11.3 Å². The highest BCUT2D eigenvalue weighted by Gasteiger charge is 2.16. The number of aryl methyl sites for hydroxylation is 1. The van der Waals surface area contributed by atoms with Crippen molar-refractivity contribution in [3.8, 4) is 0 Å². The molecule has 0 fully saturated rings. The van der Waals surface area contributed by atoms with Crippen LogP contribution in [0.15, 0.2) is 29.9 Å². The molecule has 0 aromatic carbocycles. The van der Waals surface area contributed by atoms with E-state index in [4.69, 9.17) is 0 Å². The Hall–Kier alpha value is -1.26. The topological polar surface area (TPSA) is 33.1 Å². The van der Waals surface area contributed by atoms with E-state index in [1.165, 1.54) is 23.6 Å². The fourth-order valence-electron chi connectivity index (χ4n) is 1.61. The van der Waals surface area contributed by atoms with Gasteiger partial charge in [0.05, 0.1) is 6.20 Å². The molecule has 4 heteroatoms. The van der Waals surface area contributed by atoms with Crippen LogP contribution in [0.1, 0.15) is 29.0 Å². The molecule has 1 atom stereocenters. The molecule has 0 radical (unpaired) electrons. The van der Waals surface area contributed by atoms with Gasteiger partial charge in [-0.05, 0) is 29.5 Å². The molecule has 1 N–H and O–H groups in total. The summed E-state index contributed by atoms with van der Waals surface area (Å²) in [5.41, 5.74) is 1.60. The van der Waals surface area contributed by atoms with E-state index in [0.717, 1.165) is 23.1 Å². The van der Waals surface area contributed by atoms with Crippen LogP contribution in [-0.4, -0.2) is 10.1 Å².